The molecule has 142 valence electrons. The van der Waals surface area contributed by atoms with Crippen LogP contribution in [0.15, 0.2) is 30.3 Å². The maximum absolute atomic E-state index is 13.0. The van der Waals surface area contributed by atoms with E-state index in [-0.39, 0.29) is 45.2 Å². The van der Waals surface area contributed by atoms with Crippen LogP contribution in [-0.4, -0.2) is 36.6 Å². The standard InChI is InChI=1S/C22H29O3P.Li.H/c1-13(2)24-18-8-9-20(19(12-18)25-14(3)4)26-22(23)21-16(6)10-15(5)11-17(21)7;;/h8-14,26H,1-7H3;;. The van der Waals surface area contributed by atoms with Crippen molar-refractivity contribution in [2.75, 3.05) is 0 Å². The van der Waals surface area contributed by atoms with Gasteiger partial charge in [-0.25, -0.2) is 0 Å². The van der Waals surface area contributed by atoms with Crippen molar-refractivity contribution >= 4 is 38.3 Å². The monoisotopic (exact) mass is 380 g/mol. The van der Waals surface area contributed by atoms with E-state index >= 15 is 0 Å². The predicted molar refractivity (Wildman–Crippen MR) is 118 cm³/mol. The molecule has 0 aliphatic carbocycles. The molecule has 0 radical (unpaired) electrons. The summed E-state index contributed by atoms with van der Waals surface area (Å²) in [6.45, 7) is 14.0. The second-order valence-corrected chi connectivity index (χ2v) is 8.46. The van der Waals surface area contributed by atoms with E-state index in [2.05, 4.69) is 19.1 Å². The molecule has 0 aromatic heterocycles. The number of hydrogen-bond donors (Lipinski definition) is 0. The fourth-order valence-corrected chi connectivity index (χ4v) is 4.21. The molecule has 0 aliphatic heterocycles. The summed E-state index contributed by atoms with van der Waals surface area (Å²) >= 11 is 0. The first-order valence-corrected chi connectivity index (χ1v) is 10.0. The van der Waals surface area contributed by atoms with Gasteiger partial charge in [-0.3, -0.25) is 4.79 Å². The first-order chi connectivity index (χ1) is 12.2. The van der Waals surface area contributed by atoms with Gasteiger partial charge in [0, 0.05) is 16.9 Å². The molecule has 0 aliphatic rings. The van der Waals surface area contributed by atoms with E-state index in [9.17, 15) is 4.79 Å². The summed E-state index contributed by atoms with van der Waals surface area (Å²) in [7, 11) is 0.0164. The molecule has 0 amide bonds. The molecular weight excluding hydrogens is 350 g/mol. The van der Waals surface area contributed by atoms with Crippen LogP contribution in [0.4, 0.5) is 0 Å². The second-order valence-electron chi connectivity index (χ2n) is 7.22. The normalized spacial score (nSPS) is 11.1. The zero-order chi connectivity index (χ0) is 19.4. The molecule has 0 bridgehead atoms. The number of rotatable bonds is 7. The van der Waals surface area contributed by atoms with Crippen LogP contribution < -0.4 is 14.8 Å². The molecule has 0 fully saturated rings. The number of carbonyl (C=O) groups is 1. The van der Waals surface area contributed by atoms with Crippen LogP contribution in [0.3, 0.4) is 0 Å². The third-order valence-electron chi connectivity index (χ3n) is 3.84. The minimum atomic E-state index is 0. The molecule has 27 heavy (non-hydrogen) atoms. The van der Waals surface area contributed by atoms with Crippen molar-refractivity contribution < 1.29 is 14.3 Å². The van der Waals surface area contributed by atoms with Crippen molar-refractivity contribution in [2.45, 2.75) is 60.7 Å². The van der Waals surface area contributed by atoms with Gasteiger partial charge in [0.25, 0.3) is 0 Å². The predicted octanol–water partition coefficient (Wildman–Crippen LogP) is 4.68. The van der Waals surface area contributed by atoms with Gasteiger partial charge in [-0.05, 0) is 80.3 Å². The Morgan fingerprint density at radius 2 is 1.44 bits per heavy atom. The summed E-state index contributed by atoms with van der Waals surface area (Å²) in [6.07, 6.45) is 0.125. The first kappa shape index (κ1) is 23.8. The summed E-state index contributed by atoms with van der Waals surface area (Å²) in [5, 5.41) is 0.916. The van der Waals surface area contributed by atoms with Crippen molar-refractivity contribution in [1.29, 1.82) is 0 Å². The number of benzene rings is 2. The van der Waals surface area contributed by atoms with Crippen LogP contribution in [0.5, 0.6) is 11.5 Å². The molecule has 0 N–H and O–H groups in total. The van der Waals surface area contributed by atoms with E-state index in [1.807, 2.05) is 59.7 Å². The summed E-state index contributed by atoms with van der Waals surface area (Å²) in [5.41, 5.74) is 4.22. The van der Waals surface area contributed by atoms with Crippen molar-refractivity contribution in [3.05, 3.63) is 52.6 Å². The molecule has 5 heteroatoms. The molecule has 2 rings (SSSR count). The van der Waals surface area contributed by atoms with E-state index in [1.54, 1.807) is 0 Å². The van der Waals surface area contributed by atoms with Crippen LogP contribution >= 0.6 is 8.58 Å². The number of aryl methyl sites for hydroxylation is 3. The molecule has 1 atom stereocenters. The van der Waals surface area contributed by atoms with Crippen LogP contribution in [-0.2, 0) is 0 Å². The Kier molecular flexibility index (Phi) is 9.09. The van der Waals surface area contributed by atoms with Gasteiger partial charge in [0.2, 0.25) is 0 Å². The fourth-order valence-electron chi connectivity index (χ4n) is 3.03. The summed E-state index contributed by atoms with van der Waals surface area (Å²) in [5.74, 6) is 1.49. The quantitative estimate of drug-likeness (QED) is 0.517. The average Bonchev–Trinajstić information content (AvgIpc) is 2.47. The molecule has 0 heterocycles. The summed E-state index contributed by atoms with van der Waals surface area (Å²) in [4.78, 5) is 13.0. The molecular formula is C22H30LiO3P. The van der Waals surface area contributed by atoms with Crippen LogP contribution in [0.1, 0.15) is 54.7 Å². The molecule has 2 aromatic rings. The van der Waals surface area contributed by atoms with Gasteiger partial charge < -0.3 is 9.47 Å². The van der Waals surface area contributed by atoms with Crippen LogP contribution in [0.2, 0.25) is 0 Å². The van der Waals surface area contributed by atoms with Crippen LogP contribution in [0.25, 0.3) is 0 Å². The third-order valence-corrected chi connectivity index (χ3v) is 5.00. The Hall–Kier alpha value is -1.26. The number of hydrogen-bond acceptors (Lipinski definition) is 3. The minimum absolute atomic E-state index is 0. The average molecular weight is 380 g/mol. The van der Waals surface area contributed by atoms with Gasteiger partial charge in [0.15, 0.2) is 5.52 Å². The van der Waals surface area contributed by atoms with E-state index in [0.717, 1.165) is 33.5 Å². The van der Waals surface area contributed by atoms with Crippen LogP contribution in [0, 0.1) is 20.8 Å². The van der Waals surface area contributed by atoms with Gasteiger partial charge in [0.05, 0.1) is 12.2 Å². The Morgan fingerprint density at radius 3 is 1.96 bits per heavy atom. The third kappa shape index (κ3) is 6.69. The molecule has 0 saturated carbocycles. The topological polar surface area (TPSA) is 35.5 Å². The van der Waals surface area contributed by atoms with E-state index in [1.165, 1.54) is 5.56 Å². The van der Waals surface area contributed by atoms with Crippen molar-refractivity contribution in [3.8, 4) is 11.5 Å². The Balaban J connectivity index is 0.00000364. The van der Waals surface area contributed by atoms with E-state index < -0.39 is 0 Å². The zero-order valence-corrected chi connectivity index (χ0v) is 17.8. The molecule has 2 aromatic carbocycles. The van der Waals surface area contributed by atoms with E-state index in [4.69, 9.17) is 9.47 Å². The fraction of sp³-hybridized carbons (Fsp3) is 0.409. The zero-order valence-electron chi connectivity index (χ0n) is 16.8. The van der Waals surface area contributed by atoms with Gasteiger partial charge in [0.1, 0.15) is 11.5 Å². The van der Waals surface area contributed by atoms with Gasteiger partial charge in [-0.1, -0.05) is 17.7 Å². The van der Waals surface area contributed by atoms with E-state index in [0.29, 0.717) is 0 Å². The maximum atomic E-state index is 13.0. The Bertz CT molecular complexity index is 777. The summed E-state index contributed by atoms with van der Waals surface area (Å²) in [6, 6.07) is 9.89. The summed E-state index contributed by atoms with van der Waals surface area (Å²) < 4.78 is 11.7. The molecule has 1 unspecified atom stereocenters. The second kappa shape index (κ2) is 10.3. The number of carbonyl (C=O) groups excluding carboxylic acids is 1. The van der Waals surface area contributed by atoms with Crippen molar-refractivity contribution in [1.82, 2.24) is 0 Å². The Labute approximate surface area is 177 Å². The molecule has 3 nitrogen and oxygen atoms in total. The van der Waals surface area contributed by atoms with Gasteiger partial charge >= 0.3 is 18.9 Å². The van der Waals surface area contributed by atoms with Crippen molar-refractivity contribution in [3.63, 3.8) is 0 Å². The molecule has 0 saturated heterocycles. The SMILES string of the molecule is Cc1cc(C)c(C(=O)Pc2ccc(OC(C)C)cc2OC(C)C)c(C)c1.[LiH]. The molecule has 0 spiro atoms. The first-order valence-electron chi connectivity index (χ1n) is 9.04. The van der Waals surface area contributed by atoms with Gasteiger partial charge in [-0.15, -0.1) is 0 Å². The Morgan fingerprint density at radius 1 is 0.889 bits per heavy atom. The van der Waals surface area contributed by atoms with Gasteiger partial charge in [-0.2, -0.15) is 0 Å². The van der Waals surface area contributed by atoms with Crippen molar-refractivity contribution in [2.24, 2.45) is 0 Å². The number of ether oxygens (including phenoxy) is 2.